The van der Waals surface area contributed by atoms with Crippen molar-refractivity contribution in [2.45, 2.75) is 6.92 Å². The average molecular weight is 238 g/mol. The van der Waals surface area contributed by atoms with Gasteiger partial charge in [0.05, 0.1) is 0 Å². The van der Waals surface area contributed by atoms with E-state index in [-0.39, 0.29) is 0 Å². The lowest BCUT2D eigenvalue weighted by Crippen LogP contribution is -2.36. The van der Waals surface area contributed by atoms with Crippen LogP contribution in [0.5, 0.6) is 0 Å². The number of benzene rings is 1. The quantitative estimate of drug-likeness (QED) is 0.628. The van der Waals surface area contributed by atoms with Crippen LogP contribution in [0.2, 0.25) is 0 Å². The van der Waals surface area contributed by atoms with E-state index in [0.29, 0.717) is 0 Å². The van der Waals surface area contributed by atoms with Gasteiger partial charge in [-0.05, 0) is 30.8 Å². The maximum absolute atomic E-state index is 12.7. The Morgan fingerprint density at radius 3 is 2.31 bits per heavy atom. The maximum Gasteiger partial charge on any atom is 0.118 e. The summed E-state index contributed by atoms with van der Waals surface area (Å²) < 4.78 is 12.7. The molecule has 0 spiro atoms. The van der Waals surface area contributed by atoms with Crippen LogP contribution in [0.15, 0.2) is 24.3 Å². The second kappa shape index (κ2) is 4.60. The van der Waals surface area contributed by atoms with Gasteiger partial charge in [0.1, 0.15) is 7.14 Å². The summed E-state index contributed by atoms with van der Waals surface area (Å²) in [5.41, 5.74) is 6.38. The molecule has 1 fully saturated rings. The summed E-state index contributed by atoms with van der Waals surface area (Å²) in [4.78, 5) is 2.35. The van der Waals surface area contributed by atoms with E-state index >= 15 is 0 Å². The molecule has 1 saturated heterocycles. The minimum absolute atomic E-state index is 0.738. The van der Waals surface area contributed by atoms with Gasteiger partial charge in [-0.1, -0.05) is 6.92 Å². The van der Waals surface area contributed by atoms with Crippen molar-refractivity contribution in [2.24, 2.45) is 0 Å². The van der Waals surface area contributed by atoms with Crippen molar-refractivity contribution in [3.8, 4) is 0 Å². The van der Waals surface area contributed by atoms with Crippen LogP contribution in [-0.4, -0.2) is 36.9 Å². The first kappa shape index (κ1) is 11.7. The Morgan fingerprint density at radius 1 is 1.25 bits per heavy atom. The highest BCUT2D eigenvalue weighted by atomic mass is 31.2. The van der Waals surface area contributed by atoms with Crippen molar-refractivity contribution >= 4 is 18.1 Å². The largest absolute Gasteiger partial charge is 0.399 e. The van der Waals surface area contributed by atoms with Crippen LogP contribution in [0.4, 0.5) is 5.69 Å². The highest BCUT2D eigenvalue weighted by molar-refractivity contribution is 7.71. The molecule has 0 atom stereocenters. The van der Waals surface area contributed by atoms with Gasteiger partial charge in [-0.15, -0.1) is 0 Å². The summed E-state index contributed by atoms with van der Waals surface area (Å²) in [7, 11) is -2.13. The van der Waals surface area contributed by atoms with Crippen molar-refractivity contribution in [3.63, 3.8) is 0 Å². The summed E-state index contributed by atoms with van der Waals surface area (Å²) in [5.74, 6) is 0. The summed E-state index contributed by atoms with van der Waals surface area (Å²) in [6.07, 6.45) is 1.62. The third-order valence-corrected chi connectivity index (χ3v) is 6.45. The van der Waals surface area contributed by atoms with E-state index in [1.807, 2.05) is 24.3 Å². The first-order valence-electron chi connectivity index (χ1n) is 5.80. The Kier molecular flexibility index (Phi) is 3.36. The molecule has 1 aromatic carbocycles. The predicted octanol–water partition coefficient (Wildman–Crippen LogP) is 1.59. The fourth-order valence-electron chi connectivity index (χ4n) is 2.15. The molecule has 0 radical (unpaired) electrons. The van der Waals surface area contributed by atoms with Gasteiger partial charge < -0.3 is 15.2 Å². The third-order valence-electron chi connectivity index (χ3n) is 3.37. The van der Waals surface area contributed by atoms with E-state index in [4.69, 9.17) is 5.73 Å². The molecule has 2 N–H and O–H groups in total. The molecule has 0 unspecified atom stereocenters. The van der Waals surface area contributed by atoms with Crippen LogP contribution in [0.1, 0.15) is 6.92 Å². The van der Waals surface area contributed by atoms with Crippen molar-refractivity contribution in [3.05, 3.63) is 24.3 Å². The van der Waals surface area contributed by atoms with Crippen LogP contribution in [0.25, 0.3) is 0 Å². The fraction of sp³-hybridized carbons (Fsp3) is 0.500. The lowest BCUT2D eigenvalue weighted by atomic mass is 10.3. The molecule has 0 aromatic heterocycles. The maximum atomic E-state index is 12.7. The van der Waals surface area contributed by atoms with E-state index in [9.17, 15) is 4.57 Å². The molecule has 4 heteroatoms. The Hall–Kier alpha value is -0.790. The minimum Gasteiger partial charge on any atom is -0.399 e. The number of anilines is 1. The van der Waals surface area contributed by atoms with E-state index in [1.54, 1.807) is 0 Å². The molecule has 16 heavy (non-hydrogen) atoms. The number of hydrogen-bond donors (Lipinski definition) is 1. The molecule has 2 rings (SSSR count). The smallest absolute Gasteiger partial charge is 0.118 e. The van der Waals surface area contributed by atoms with E-state index in [2.05, 4.69) is 11.8 Å². The molecular formula is C12H19N2OP. The lowest BCUT2D eigenvalue weighted by Gasteiger charge is -2.31. The topological polar surface area (TPSA) is 46.3 Å². The molecular weight excluding hydrogens is 219 g/mol. The zero-order valence-corrected chi connectivity index (χ0v) is 10.6. The number of nitrogens with zero attached hydrogens (tertiary/aromatic N) is 1. The van der Waals surface area contributed by atoms with Gasteiger partial charge in [0, 0.05) is 36.4 Å². The van der Waals surface area contributed by atoms with E-state index in [1.165, 1.54) is 0 Å². The van der Waals surface area contributed by atoms with Crippen LogP contribution < -0.4 is 11.0 Å². The number of hydrogen-bond acceptors (Lipinski definition) is 3. The van der Waals surface area contributed by atoms with Gasteiger partial charge in [0.2, 0.25) is 0 Å². The molecule has 0 amide bonds. The lowest BCUT2D eigenvalue weighted by molar-refractivity contribution is 0.312. The van der Waals surface area contributed by atoms with Crippen LogP contribution >= 0.6 is 7.14 Å². The second-order valence-electron chi connectivity index (χ2n) is 4.36. The first-order valence-corrected chi connectivity index (χ1v) is 7.88. The third kappa shape index (κ3) is 2.31. The molecule has 0 aliphatic carbocycles. The fourth-order valence-corrected chi connectivity index (χ4v) is 4.79. The summed E-state index contributed by atoms with van der Waals surface area (Å²) in [6.45, 7) is 5.12. The zero-order chi connectivity index (χ0) is 11.6. The van der Waals surface area contributed by atoms with Gasteiger partial charge in [-0.25, -0.2) is 0 Å². The van der Waals surface area contributed by atoms with E-state index in [0.717, 1.165) is 43.0 Å². The van der Waals surface area contributed by atoms with Crippen LogP contribution in [0, 0.1) is 0 Å². The van der Waals surface area contributed by atoms with Gasteiger partial charge in [-0.2, -0.15) is 0 Å². The SMILES string of the molecule is CCN1CCP(=O)(c2ccc(N)cc2)CC1. The number of nitrogens with two attached hydrogens (primary N) is 1. The predicted molar refractivity (Wildman–Crippen MR) is 69.9 cm³/mol. The molecule has 1 aromatic rings. The summed E-state index contributed by atoms with van der Waals surface area (Å²) in [6, 6.07) is 7.55. The van der Waals surface area contributed by atoms with Crippen LogP contribution in [-0.2, 0) is 4.57 Å². The Balaban J connectivity index is 2.15. The van der Waals surface area contributed by atoms with Gasteiger partial charge >= 0.3 is 0 Å². The molecule has 1 heterocycles. The number of rotatable bonds is 2. The standard InChI is InChI=1S/C12H19N2OP/c1-2-14-7-9-16(15,10-8-14)12-5-3-11(13)4-6-12/h3-6H,2,7-10,13H2,1H3. The second-order valence-corrected chi connectivity index (χ2v) is 7.55. The highest BCUT2D eigenvalue weighted by Gasteiger charge is 2.29. The van der Waals surface area contributed by atoms with Gasteiger partial charge in [-0.3, -0.25) is 0 Å². The average Bonchev–Trinajstić information content (AvgIpc) is 2.31. The molecule has 0 saturated carbocycles. The Labute approximate surface area is 97.0 Å². The van der Waals surface area contributed by atoms with Crippen molar-refractivity contribution in [1.82, 2.24) is 4.90 Å². The Bertz CT molecular complexity index is 390. The van der Waals surface area contributed by atoms with E-state index < -0.39 is 7.14 Å². The van der Waals surface area contributed by atoms with Crippen molar-refractivity contribution < 1.29 is 4.57 Å². The molecule has 0 bridgehead atoms. The van der Waals surface area contributed by atoms with Crippen LogP contribution in [0.3, 0.4) is 0 Å². The minimum atomic E-state index is -2.13. The monoisotopic (exact) mass is 238 g/mol. The first-order chi connectivity index (χ1) is 7.64. The normalized spacial score (nSPS) is 20.8. The summed E-state index contributed by atoms with van der Waals surface area (Å²) >= 11 is 0. The van der Waals surface area contributed by atoms with Gasteiger partial charge in [0.25, 0.3) is 0 Å². The van der Waals surface area contributed by atoms with Crippen molar-refractivity contribution in [2.75, 3.05) is 37.7 Å². The molecule has 1 aliphatic heterocycles. The molecule has 88 valence electrons. The summed E-state index contributed by atoms with van der Waals surface area (Å²) in [5, 5.41) is 0.998. The van der Waals surface area contributed by atoms with Crippen molar-refractivity contribution in [1.29, 1.82) is 0 Å². The van der Waals surface area contributed by atoms with Gasteiger partial charge in [0.15, 0.2) is 0 Å². The number of nitrogen functional groups attached to an aromatic ring is 1. The Morgan fingerprint density at radius 2 is 1.81 bits per heavy atom. The molecule has 3 nitrogen and oxygen atoms in total. The highest BCUT2D eigenvalue weighted by Crippen LogP contribution is 2.46. The molecule has 1 aliphatic rings. The zero-order valence-electron chi connectivity index (χ0n) is 9.72.